The van der Waals surface area contributed by atoms with Gasteiger partial charge in [0.1, 0.15) is 0 Å². The van der Waals surface area contributed by atoms with Crippen LogP contribution in [0, 0.1) is 0 Å². The van der Waals surface area contributed by atoms with Gasteiger partial charge in [0.25, 0.3) is 0 Å². The van der Waals surface area contributed by atoms with E-state index < -0.39 is 11.7 Å². The molecule has 1 aromatic carbocycles. The summed E-state index contributed by atoms with van der Waals surface area (Å²) in [6.07, 6.45) is 2.02. The molecule has 10 nitrogen and oxygen atoms in total. The molecule has 4 N–H and O–H groups in total. The van der Waals surface area contributed by atoms with E-state index in [1.165, 1.54) is 24.3 Å². The van der Waals surface area contributed by atoms with Gasteiger partial charge in [-0.05, 0) is 24.1 Å². The van der Waals surface area contributed by atoms with E-state index >= 15 is 0 Å². The molecule has 0 saturated heterocycles. The second-order valence-corrected chi connectivity index (χ2v) is 5.24. The number of hydrogen-bond acceptors (Lipinski definition) is 7. The Kier molecular flexibility index (Phi) is 6.14. The van der Waals surface area contributed by atoms with E-state index in [-0.39, 0.29) is 53.4 Å². The number of aromatic amines is 1. The van der Waals surface area contributed by atoms with Gasteiger partial charge in [-0.15, -0.1) is 0 Å². The smallest absolute Gasteiger partial charge is 0.545 e. The number of anilines is 2. The Morgan fingerprint density at radius 2 is 1.92 bits per heavy atom. The van der Waals surface area contributed by atoms with E-state index in [4.69, 9.17) is 5.73 Å². The summed E-state index contributed by atoms with van der Waals surface area (Å²) in [5, 5.41) is 16.0. The molecule has 0 bridgehead atoms. The van der Waals surface area contributed by atoms with E-state index in [0.29, 0.717) is 23.3 Å². The van der Waals surface area contributed by atoms with Gasteiger partial charge in [-0.3, -0.25) is 9.89 Å². The molecule has 0 aliphatic carbocycles. The molecule has 11 heteroatoms. The van der Waals surface area contributed by atoms with Gasteiger partial charge >= 0.3 is 35.2 Å². The predicted molar refractivity (Wildman–Crippen MR) is 85.7 cm³/mol. The molecule has 3 aromatic rings. The molecule has 0 atom stereocenters. The number of amides is 1. The van der Waals surface area contributed by atoms with Crippen LogP contribution in [0.1, 0.15) is 22.3 Å². The molecule has 3 rings (SSSR count). The van der Waals surface area contributed by atoms with Crippen molar-refractivity contribution in [2.75, 3.05) is 11.1 Å². The van der Waals surface area contributed by atoms with Crippen LogP contribution < -0.4 is 51.4 Å². The number of benzene rings is 1. The summed E-state index contributed by atoms with van der Waals surface area (Å²) in [4.78, 5) is 41.8. The van der Waals surface area contributed by atoms with Gasteiger partial charge in [-0.1, -0.05) is 12.1 Å². The van der Waals surface area contributed by atoms with Crippen molar-refractivity contribution >= 4 is 29.2 Å². The van der Waals surface area contributed by atoms with Crippen molar-refractivity contribution in [3.8, 4) is 0 Å². The maximum Gasteiger partial charge on any atom is 1.00 e. The molecule has 0 fully saturated rings. The number of H-pyrrole nitrogens is 1. The Morgan fingerprint density at radius 3 is 2.58 bits per heavy atom. The zero-order valence-corrected chi connectivity index (χ0v) is 15.9. The number of aromatic carboxylic acids is 1. The Morgan fingerprint density at radius 1 is 1.23 bits per heavy atom. The van der Waals surface area contributed by atoms with Crippen molar-refractivity contribution in [3.05, 3.63) is 52.1 Å². The molecule has 2 heterocycles. The van der Waals surface area contributed by atoms with Crippen molar-refractivity contribution < 1.29 is 44.3 Å². The SMILES string of the molecule is Nc1nc(=O)n2[nH]cc(CCC(=O)Nc3ccc(C(=O)[O-])cc3)c2n1.[Na+]. The first-order chi connectivity index (χ1) is 11.9. The molecule has 0 unspecified atom stereocenters. The number of rotatable bonds is 5. The fourth-order valence-corrected chi connectivity index (χ4v) is 2.31. The van der Waals surface area contributed by atoms with Crippen molar-refractivity contribution in [2.45, 2.75) is 12.8 Å². The van der Waals surface area contributed by atoms with Crippen molar-refractivity contribution in [1.29, 1.82) is 0 Å². The molecule has 26 heavy (non-hydrogen) atoms. The van der Waals surface area contributed by atoms with Gasteiger partial charge in [0, 0.05) is 23.9 Å². The molecule has 0 radical (unpaired) electrons. The van der Waals surface area contributed by atoms with Gasteiger partial charge in [0.2, 0.25) is 11.9 Å². The zero-order valence-electron chi connectivity index (χ0n) is 13.9. The van der Waals surface area contributed by atoms with E-state index in [1.807, 2.05) is 0 Å². The van der Waals surface area contributed by atoms with Crippen LogP contribution in [0.15, 0.2) is 35.3 Å². The van der Waals surface area contributed by atoms with Crippen molar-refractivity contribution in [1.82, 2.24) is 19.6 Å². The van der Waals surface area contributed by atoms with E-state index in [1.54, 1.807) is 6.20 Å². The minimum atomic E-state index is -1.28. The number of carbonyl (C=O) groups is 2. The molecule has 0 saturated carbocycles. The predicted octanol–water partition coefficient (Wildman–Crippen LogP) is -4.06. The van der Waals surface area contributed by atoms with Crippen LogP contribution in [0.3, 0.4) is 0 Å². The monoisotopic (exact) mass is 364 g/mol. The summed E-state index contributed by atoms with van der Waals surface area (Å²) >= 11 is 0. The van der Waals surface area contributed by atoms with Crippen LogP contribution in [0.4, 0.5) is 11.6 Å². The third-order valence-corrected chi connectivity index (χ3v) is 3.51. The molecule has 128 valence electrons. The number of carboxylic acids is 1. The van der Waals surface area contributed by atoms with Crippen molar-refractivity contribution in [2.24, 2.45) is 0 Å². The topological polar surface area (TPSA) is 158 Å². The first-order valence-electron chi connectivity index (χ1n) is 7.28. The third kappa shape index (κ3) is 4.28. The summed E-state index contributed by atoms with van der Waals surface area (Å²) in [6, 6.07) is 5.64. The van der Waals surface area contributed by atoms with Crippen LogP contribution >= 0.6 is 0 Å². The number of hydrogen-bond donors (Lipinski definition) is 3. The number of nitrogens with one attached hydrogen (secondary N) is 2. The maximum atomic E-state index is 12.0. The minimum absolute atomic E-state index is 0. The first-order valence-corrected chi connectivity index (χ1v) is 7.28. The van der Waals surface area contributed by atoms with Gasteiger partial charge in [0.15, 0.2) is 5.65 Å². The van der Waals surface area contributed by atoms with Gasteiger partial charge in [-0.2, -0.15) is 14.5 Å². The maximum absolute atomic E-state index is 12.0. The second kappa shape index (κ2) is 8.13. The largest absolute Gasteiger partial charge is 1.00 e. The number of aromatic nitrogens is 4. The molecule has 0 spiro atoms. The van der Waals surface area contributed by atoms with Crippen LogP contribution in [-0.2, 0) is 11.2 Å². The molecule has 1 amide bonds. The van der Waals surface area contributed by atoms with E-state index in [2.05, 4.69) is 20.4 Å². The van der Waals surface area contributed by atoms with Gasteiger partial charge in [0.05, 0.1) is 5.97 Å². The summed E-state index contributed by atoms with van der Waals surface area (Å²) in [6.45, 7) is 0. The summed E-state index contributed by atoms with van der Waals surface area (Å²) in [5.41, 5.74) is 6.36. The van der Waals surface area contributed by atoms with Crippen LogP contribution in [0.5, 0.6) is 0 Å². The van der Waals surface area contributed by atoms with E-state index in [0.717, 1.165) is 4.52 Å². The number of nitrogens with two attached hydrogens (primary N) is 1. The molecule has 0 aliphatic heterocycles. The Balaban J connectivity index is 0.00000243. The van der Waals surface area contributed by atoms with Crippen molar-refractivity contribution in [3.63, 3.8) is 0 Å². The minimum Gasteiger partial charge on any atom is -0.545 e. The van der Waals surface area contributed by atoms with Crippen LogP contribution in [0.25, 0.3) is 5.65 Å². The summed E-state index contributed by atoms with van der Waals surface area (Å²) in [7, 11) is 0. The number of carboxylic acid groups (broad SMARTS) is 1. The van der Waals surface area contributed by atoms with Gasteiger partial charge in [-0.25, -0.2) is 4.79 Å². The number of aryl methyl sites for hydroxylation is 1. The molecule has 2 aromatic heterocycles. The molecule has 0 aliphatic rings. The Labute approximate surface area is 168 Å². The van der Waals surface area contributed by atoms with Crippen LogP contribution in [0.2, 0.25) is 0 Å². The zero-order chi connectivity index (χ0) is 18.0. The average Bonchev–Trinajstić information content (AvgIpc) is 2.96. The van der Waals surface area contributed by atoms with Gasteiger partial charge < -0.3 is 21.0 Å². The number of fused-ring (bicyclic) bond motifs is 1. The average molecular weight is 364 g/mol. The Bertz CT molecular complexity index is 1010. The van der Waals surface area contributed by atoms with E-state index in [9.17, 15) is 19.5 Å². The normalized spacial score (nSPS) is 10.3. The standard InChI is InChI=1S/C15H14N6O4.Na/c16-14-19-12-9(7-17-21(12)15(25)20-14)3-6-11(22)18-10-4-1-8(2-5-10)13(23)24;/h1-2,4-5,7,17H,3,6H2,(H,18,22)(H,23,24)(H2,16,20,25);/q;+1/p-1. The Hall–Kier alpha value is -2.69. The fourth-order valence-electron chi connectivity index (χ4n) is 2.31. The first kappa shape index (κ1) is 19.6. The summed E-state index contributed by atoms with van der Waals surface area (Å²) < 4.78 is 1.14. The third-order valence-electron chi connectivity index (χ3n) is 3.51. The molecular formula is C15H13N6NaO4. The quantitative estimate of drug-likeness (QED) is 0.389. The number of carbonyl (C=O) groups excluding carboxylic acids is 2. The van der Waals surface area contributed by atoms with Crippen LogP contribution in [-0.4, -0.2) is 31.5 Å². The number of nitrogen functional groups attached to an aromatic ring is 1. The summed E-state index contributed by atoms with van der Waals surface area (Å²) in [5.74, 6) is -1.69. The number of nitrogens with zero attached hydrogens (tertiary/aromatic N) is 3. The molecular weight excluding hydrogens is 351 g/mol. The fraction of sp³-hybridized carbons (Fsp3) is 0.133. The second-order valence-electron chi connectivity index (χ2n) is 5.24.